The molecule has 0 radical (unpaired) electrons. The van der Waals surface area contributed by atoms with E-state index >= 15 is 0 Å². The molecule has 21 heavy (non-hydrogen) atoms. The summed E-state index contributed by atoms with van der Waals surface area (Å²) in [7, 11) is 0. The van der Waals surface area contributed by atoms with E-state index in [0.29, 0.717) is 5.02 Å². The van der Waals surface area contributed by atoms with Crippen molar-refractivity contribution in [1.82, 2.24) is 0 Å². The lowest BCUT2D eigenvalue weighted by Crippen LogP contribution is -2.12. The van der Waals surface area contributed by atoms with Gasteiger partial charge in [-0.25, -0.2) is 0 Å². The summed E-state index contributed by atoms with van der Waals surface area (Å²) in [6.45, 7) is 0. The molecule has 2 rings (SSSR count). The van der Waals surface area contributed by atoms with Crippen LogP contribution >= 0.6 is 23.2 Å². The summed E-state index contributed by atoms with van der Waals surface area (Å²) in [5, 5.41) is 23.2. The van der Waals surface area contributed by atoms with E-state index in [1.165, 1.54) is 30.3 Å². The van der Waals surface area contributed by atoms with Crippen LogP contribution in [0, 0.1) is 10.1 Å². The van der Waals surface area contributed by atoms with Crippen LogP contribution in [0.4, 0.5) is 11.4 Å². The van der Waals surface area contributed by atoms with Crippen molar-refractivity contribution in [2.45, 2.75) is 0 Å². The fraction of sp³-hybridized carbons (Fsp3) is 0. The standard InChI is InChI=1S/C13H8Cl2N2O4/c14-9-3-1-7(5-10(9)15)13(19)16-11-4-2-8(17(20)21)6-12(11)18/h1-6,18H,(H,16,19). The molecule has 0 aliphatic rings. The van der Waals surface area contributed by atoms with Gasteiger partial charge in [0.25, 0.3) is 11.6 Å². The van der Waals surface area contributed by atoms with Crippen molar-refractivity contribution in [3.05, 3.63) is 62.1 Å². The number of rotatable bonds is 3. The molecule has 0 aliphatic carbocycles. The zero-order valence-electron chi connectivity index (χ0n) is 10.3. The number of carbonyl (C=O) groups excluding carboxylic acids is 1. The Kier molecular flexibility index (Phi) is 4.30. The third-order valence-corrected chi connectivity index (χ3v) is 3.36. The molecule has 1 amide bonds. The zero-order valence-corrected chi connectivity index (χ0v) is 11.9. The van der Waals surface area contributed by atoms with Gasteiger partial charge in [0.1, 0.15) is 5.75 Å². The van der Waals surface area contributed by atoms with Gasteiger partial charge >= 0.3 is 0 Å². The second-order valence-electron chi connectivity index (χ2n) is 4.04. The van der Waals surface area contributed by atoms with E-state index in [1.54, 1.807) is 0 Å². The molecule has 2 aromatic rings. The van der Waals surface area contributed by atoms with Gasteiger partial charge in [0.05, 0.1) is 26.7 Å². The van der Waals surface area contributed by atoms with E-state index < -0.39 is 16.6 Å². The Hall–Kier alpha value is -2.31. The lowest BCUT2D eigenvalue weighted by atomic mass is 10.2. The number of benzene rings is 2. The maximum Gasteiger partial charge on any atom is 0.273 e. The molecule has 0 fully saturated rings. The van der Waals surface area contributed by atoms with Gasteiger partial charge in [-0.05, 0) is 24.3 Å². The van der Waals surface area contributed by atoms with Gasteiger partial charge in [0.15, 0.2) is 0 Å². The number of halogens is 2. The summed E-state index contributed by atoms with van der Waals surface area (Å²) in [6.07, 6.45) is 0. The van der Waals surface area contributed by atoms with E-state index in [4.69, 9.17) is 23.2 Å². The average molecular weight is 327 g/mol. The van der Waals surface area contributed by atoms with Crippen molar-refractivity contribution in [3.63, 3.8) is 0 Å². The SMILES string of the molecule is O=C(Nc1ccc([N+](=O)[O-])cc1O)c1ccc(Cl)c(Cl)c1. The van der Waals surface area contributed by atoms with Crippen LogP contribution in [0.25, 0.3) is 0 Å². The maximum atomic E-state index is 12.0. The van der Waals surface area contributed by atoms with Crippen LogP contribution in [0.2, 0.25) is 10.0 Å². The van der Waals surface area contributed by atoms with Crippen LogP contribution in [0.15, 0.2) is 36.4 Å². The first kappa shape index (κ1) is 15.1. The first-order valence-corrected chi connectivity index (χ1v) is 6.38. The van der Waals surface area contributed by atoms with Gasteiger partial charge in [-0.15, -0.1) is 0 Å². The Morgan fingerprint density at radius 3 is 2.43 bits per heavy atom. The van der Waals surface area contributed by atoms with Crippen LogP contribution in [0.3, 0.4) is 0 Å². The molecule has 2 N–H and O–H groups in total. The Labute approximate surface area is 129 Å². The van der Waals surface area contributed by atoms with Gasteiger partial charge in [-0.1, -0.05) is 23.2 Å². The number of nitro groups is 1. The van der Waals surface area contributed by atoms with Crippen LogP contribution in [-0.2, 0) is 0 Å². The Morgan fingerprint density at radius 2 is 1.86 bits per heavy atom. The van der Waals surface area contributed by atoms with Crippen molar-refractivity contribution < 1.29 is 14.8 Å². The van der Waals surface area contributed by atoms with Gasteiger partial charge in [-0.2, -0.15) is 0 Å². The molecular weight excluding hydrogens is 319 g/mol. The Bertz CT molecular complexity index is 734. The molecule has 0 saturated heterocycles. The number of nitrogens with one attached hydrogen (secondary N) is 1. The number of aromatic hydroxyl groups is 1. The molecule has 0 unspecified atom stereocenters. The topological polar surface area (TPSA) is 92.5 Å². The molecule has 0 aliphatic heterocycles. The second-order valence-corrected chi connectivity index (χ2v) is 4.86. The fourth-order valence-electron chi connectivity index (χ4n) is 1.57. The number of amides is 1. The predicted molar refractivity (Wildman–Crippen MR) is 79.2 cm³/mol. The summed E-state index contributed by atoms with van der Waals surface area (Å²) >= 11 is 11.6. The summed E-state index contributed by atoms with van der Waals surface area (Å²) in [4.78, 5) is 21.9. The third-order valence-electron chi connectivity index (χ3n) is 2.62. The summed E-state index contributed by atoms with van der Waals surface area (Å²) in [5.74, 6) is -0.935. The first-order chi connectivity index (χ1) is 9.88. The summed E-state index contributed by atoms with van der Waals surface area (Å²) in [6, 6.07) is 7.67. The number of nitro benzene ring substituents is 1. The number of carbonyl (C=O) groups is 1. The number of hydrogen-bond acceptors (Lipinski definition) is 4. The highest BCUT2D eigenvalue weighted by atomic mass is 35.5. The minimum absolute atomic E-state index is 0.0525. The highest BCUT2D eigenvalue weighted by Gasteiger charge is 2.14. The zero-order chi connectivity index (χ0) is 15.6. The molecule has 8 heteroatoms. The number of hydrogen-bond donors (Lipinski definition) is 2. The highest BCUT2D eigenvalue weighted by Crippen LogP contribution is 2.29. The maximum absolute atomic E-state index is 12.0. The van der Waals surface area contributed by atoms with Crippen molar-refractivity contribution >= 4 is 40.5 Å². The lowest BCUT2D eigenvalue weighted by molar-refractivity contribution is -0.384. The van der Waals surface area contributed by atoms with Crippen molar-refractivity contribution in [3.8, 4) is 5.75 Å². The number of phenolic OH excluding ortho intramolecular Hbond substituents is 1. The monoisotopic (exact) mass is 326 g/mol. The minimum Gasteiger partial charge on any atom is -0.506 e. The normalized spacial score (nSPS) is 10.2. The van der Waals surface area contributed by atoms with Crippen molar-refractivity contribution in [2.24, 2.45) is 0 Å². The van der Waals surface area contributed by atoms with E-state index in [-0.39, 0.29) is 22.0 Å². The third kappa shape index (κ3) is 3.42. The van der Waals surface area contributed by atoms with Crippen LogP contribution in [0.1, 0.15) is 10.4 Å². The molecule has 2 aromatic carbocycles. The summed E-state index contributed by atoms with van der Waals surface area (Å²) in [5.41, 5.74) is 0.0128. The second kappa shape index (κ2) is 5.99. The van der Waals surface area contributed by atoms with Gasteiger partial charge in [0, 0.05) is 11.6 Å². The predicted octanol–water partition coefficient (Wildman–Crippen LogP) is 3.86. The first-order valence-electron chi connectivity index (χ1n) is 5.62. The molecule has 108 valence electrons. The smallest absolute Gasteiger partial charge is 0.273 e. The molecule has 0 atom stereocenters. The molecule has 0 spiro atoms. The Morgan fingerprint density at radius 1 is 1.14 bits per heavy atom. The molecule has 0 bridgehead atoms. The quantitative estimate of drug-likeness (QED) is 0.508. The molecular formula is C13H8Cl2N2O4. The van der Waals surface area contributed by atoms with Crippen LogP contribution in [0.5, 0.6) is 5.75 Å². The molecule has 0 aromatic heterocycles. The van der Waals surface area contributed by atoms with Crippen LogP contribution < -0.4 is 5.32 Å². The Balaban J connectivity index is 2.23. The van der Waals surface area contributed by atoms with E-state index in [0.717, 1.165) is 6.07 Å². The number of phenols is 1. The average Bonchev–Trinajstić information content (AvgIpc) is 2.43. The van der Waals surface area contributed by atoms with Crippen molar-refractivity contribution in [1.29, 1.82) is 0 Å². The number of anilines is 1. The van der Waals surface area contributed by atoms with Gasteiger partial charge in [0.2, 0.25) is 0 Å². The number of non-ortho nitro benzene ring substituents is 1. The van der Waals surface area contributed by atoms with Crippen molar-refractivity contribution in [2.75, 3.05) is 5.32 Å². The van der Waals surface area contributed by atoms with E-state index in [9.17, 15) is 20.0 Å². The number of nitrogens with zero attached hydrogens (tertiary/aromatic N) is 1. The fourth-order valence-corrected chi connectivity index (χ4v) is 1.87. The lowest BCUT2D eigenvalue weighted by Gasteiger charge is -2.07. The van der Waals surface area contributed by atoms with Gasteiger partial charge in [-0.3, -0.25) is 14.9 Å². The molecule has 6 nitrogen and oxygen atoms in total. The van der Waals surface area contributed by atoms with E-state index in [2.05, 4.69) is 5.32 Å². The van der Waals surface area contributed by atoms with E-state index in [1.807, 2.05) is 0 Å². The molecule has 0 heterocycles. The largest absolute Gasteiger partial charge is 0.506 e. The molecule has 0 saturated carbocycles. The summed E-state index contributed by atoms with van der Waals surface area (Å²) < 4.78 is 0. The minimum atomic E-state index is -0.649. The highest BCUT2D eigenvalue weighted by molar-refractivity contribution is 6.42. The van der Waals surface area contributed by atoms with Gasteiger partial charge < -0.3 is 10.4 Å². The van der Waals surface area contributed by atoms with Crippen LogP contribution in [-0.4, -0.2) is 15.9 Å².